The molecule has 0 unspecified atom stereocenters. The Balaban J connectivity index is 2.30. The van der Waals surface area contributed by atoms with Crippen molar-refractivity contribution in [2.24, 2.45) is 0 Å². The molecule has 0 bridgehead atoms. The number of carbonyl (C=O) groups is 2. The van der Waals surface area contributed by atoms with Gasteiger partial charge in [-0.1, -0.05) is 6.07 Å². The smallest absolute Gasteiger partial charge is 0.379 e. The molecule has 114 valence electrons. The summed E-state index contributed by atoms with van der Waals surface area (Å²) in [6, 6.07) is 4.94. The fourth-order valence-electron chi connectivity index (χ4n) is 2.46. The number of Topliss-reactive ketones (excluding diaryl/α,β-unsaturated/α-hetero) is 1. The van der Waals surface area contributed by atoms with Gasteiger partial charge in [0, 0.05) is 0 Å². The van der Waals surface area contributed by atoms with Crippen molar-refractivity contribution in [3.05, 3.63) is 23.8 Å². The molecule has 1 aromatic carbocycles. The lowest BCUT2D eigenvalue weighted by molar-refractivity contribution is -0.137. The number of hydrogen-bond acceptors (Lipinski definition) is 5. The monoisotopic (exact) mass is 292 g/mol. The van der Waals surface area contributed by atoms with Gasteiger partial charge in [-0.15, -0.1) is 0 Å². The molecule has 0 spiro atoms. The van der Waals surface area contributed by atoms with Crippen molar-refractivity contribution in [2.45, 2.75) is 38.7 Å². The van der Waals surface area contributed by atoms with Crippen molar-refractivity contribution in [2.75, 3.05) is 13.7 Å². The van der Waals surface area contributed by atoms with E-state index in [2.05, 4.69) is 0 Å². The van der Waals surface area contributed by atoms with Crippen LogP contribution < -0.4 is 9.47 Å². The molecule has 2 rings (SSSR count). The summed E-state index contributed by atoms with van der Waals surface area (Å²) in [5.74, 6) is -0.784. The van der Waals surface area contributed by atoms with Gasteiger partial charge in [0.1, 0.15) is 0 Å². The molecule has 5 heteroatoms. The average molecular weight is 292 g/mol. The van der Waals surface area contributed by atoms with Crippen LogP contribution in [0.3, 0.4) is 0 Å². The van der Waals surface area contributed by atoms with Gasteiger partial charge in [0.25, 0.3) is 5.78 Å². The molecule has 1 aliphatic carbocycles. The molecule has 21 heavy (non-hydrogen) atoms. The normalized spacial score (nSPS) is 14.8. The highest BCUT2D eigenvalue weighted by molar-refractivity contribution is 6.41. The predicted octanol–water partition coefficient (Wildman–Crippen LogP) is 2.76. The predicted molar refractivity (Wildman–Crippen MR) is 76.8 cm³/mol. The highest BCUT2D eigenvalue weighted by Crippen LogP contribution is 2.35. The first kappa shape index (κ1) is 15.4. The van der Waals surface area contributed by atoms with E-state index in [0.717, 1.165) is 25.7 Å². The highest BCUT2D eigenvalue weighted by Gasteiger charge is 2.27. The maximum absolute atomic E-state index is 12.2. The second-order valence-electron chi connectivity index (χ2n) is 4.91. The van der Waals surface area contributed by atoms with Gasteiger partial charge in [-0.25, -0.2) is 4.79 Å². The molecule has 1 fully saturated rings. The summed E-state index contributed by atoms with van der Waals surface area (Å²) in [5.41, 5.74) is 0.194. The topological polar surface area (TPSA) is 61.8 Å². The van der Waals surface area contributed by atoms with E-state index in [1.54, 1.807) is 25.1 Å². The number of carbonyl (C=O) groups excluding carboxylic acids is 2. The van der Waals surface area contributed by atoms with Crippen LogP contribution in [0.15, 0.2) is 18.2 Å². The molecule has 0 radical (unpaired) electrons. The molecule has 0 aliphatic heterocycles. The van der Waals surface area contributed by atoms with Crippen molar-refractivity contribution >= 4 is 11.8 Å². The number of ketones is 1. The molecule has 0 aromatic heterocycles. The first-order valence-electron chi connectivity index (χ1n) is 7.22. The Morgan fingerprint density at radius 3 is 2.57 bits per heavy atom. The van der Waals surface area contributed by atoms with Crippen LogP contribution in [-0.4, -0.2) is 31.6 Å². The summed E-state index contributed by atoms with van der Waals surface area (Å²) >= 11 is 0. The first-order chi connectivity index (χ1) is 10.2. The molecule has 5 nitrogen and oxygen atoms in total. The van der Waals surface area contributed by atoms with Crippen molar-refractivity contribution in [3.8, 4) is 11.5 Å². The van der Waals surface area contributed by atoms with Crippen LogP contribution in [-0.2, 0) is 9.53 Å². The van der Waals surface area contributed by atoms with Gasteiger partial charge in [0.2, 0.25) is 0 Å². The molecular weight excluding hydrogens is 272 g/mol. The zero-order valence-corrected chi connectivity index (χ0v) is 12.4. The lowest BCUT2D eigenvalue weighted by Gasteiger charge is -2.18. The third-order valence-electron chi connectivity index (χ3n) is 3.49. The van der Waals surface area contributed by atoms with E-state index in [4.69, 9.17) is 14.2 Å². The van der Waals surface area contributed by atoms with Crippen LogP contribution in [0.25, 0.3) is 0 Å². The number of para-hydroxylation sites is 1. The van der Waals surface area contributed by atoms with E-state index in [-0.39, 0.29) is 18.3 Å². The maximum Gasteiger partial charge on any atom is 0.379 e. The van der Waals surface area contributed by atoms with E-state index in [9.17, 15) is 9.59 Å². The number of ether oxygens (including phenoxy) is 3. The minimum atomic E-state index is -0.873. The van der Waals surface area contributed by atoms with Crippen molar-refractivity contribution in [1.29, 1.82) is 0 Å². The maximum atomic E-state index is 12.2. The minimum absolute atomic E-state index is 0.0649. The van der Waals surface area contributed by atoms with Gasteiger partial charge in [-0.3, -0.25) is 4.79 Å². The van der Waals surface area contributed by atoms with Gasteiger partial charge in [-0.2, -0.15) is 0 Å². The summed E-state index contributed by atoms with van der Waals surface area (Å²) in [5, 5.41) is 0. The molecule has 1 aromatic rings. The third kappa shape index (κ3) is 3.54. The standard InChI is InChI=1S/C16H20O5/c1-3-20-16(18)14(17)12-9-6-10-13(19-2)15(12)21-11-7-4-5-8-11/h6,9-11H,3-5,7-8H2,1-2H3. The van der Waals surface area contributed by atoms with Crippen LogP contribution in [0.1, 0.15) is 43.0 Å². The van der Waals surface area contributed by atoms with Crippen LogP contribution >= 0.6 is 0 Å². The molecule has 0 heterocycles. The van der Waals surface area contributed by atoms with E-state index >= 15 is 0 Å². The summed E-state index contributed by atoms with van der Waals surface area (Å²) in [7, 11) is 1.51. The van der Waals surface area contributed by atoms with Gasteiger partial charge in [0.05, 0.1) is 25.4 Å². The van der Waals surface area contributed by atoms with Crippen LogP contribution in [0, 0.1) is 0 Å². The highest BCUT2D eigenvalue weighted by atomic mass is 16.5. The number of hydrogen-bond donors (Lipinski definition) is 0. The first-order valence-corrected chi connectivity index (χ1v) is 7.22. The second-order valence-corrected chi connectivity index (χ2v) is 4.91. The Labute approximate surface area is 124 Å². The number of methoxy groups -OCH3 is 1. The Morgan fingerprint density at radius 1 is 1.24 bits per heavy atom. The largest absolute Gasteiger partial charge is 0.493 e. The summed E-state index contributed by atoms with van der Waals surface area (Å²) in [4.78, 5) is 23.9. The quantitative estimate of drug-likeness (QED) is 0.458. The van der Waals surface area contributed by atoms with E-state index in [0.29, 0.717) is 11.5 Å². The molecule has 0 saturated heterocycles. The average Bonchev–Trinajstić information content (AvgIpc) is 3.00. The Morgan fingerprint density at radius 2 is 1.95 bits per heavy atom. The minimum Gasteiger partial charge on any atom is -0.493 e. The van der Waals surface area contributed by atoms with Gasteiger partial charge < -0.3 is 14.2 Å². The molecule has 0 N–H and O–H groups in total. The lowest BCUT2D eigenvalue weighted by Crippen LogP contribution is -2.20. The van der Waals surface area contributed by atoms with Crippen molar-refractivity contribution in [3.63, 3.8) is 0 Å². The van der Waals surface area contributed by atoms with E-state index in [1.165, 1.54) is 7.11 Å². The van der Waals surface area contributed by atoms with Gasteiger partial charge in [0.15, 0.2) is 11.5 Å². The van der Waals surface area contributed by atoms with Crippen LogP contribution in [0.4, 0.5) is 0 Å². The number of rotatable bonds is 6. The Hall–Kier alpha value is -2.04. The number of benzene rings is 1. The Bertz CT molecular complexity index is 517. The van der Waals surface area contributed by atoms with Crippen molar-refractivity contribution in [1.82, 2.24) is 0 Å². The van der Waals surface area contributed by atoms with Crippen LogP contribution in [0.2, 0.25) is 0 Å². The fraction of sp³-hybridized carbons (Fsp3) is 0.500. The third-order valence-corrected chi connectivity index (χ3v) is 3.49. The zero-order valence-electron chi connectivity index (χ0n) is 12.4. The Kier molecular flexibility index (Phi) is 5.20. The SMILES string of the molecule is CCOC(=O)C(=O)c1cccc(OC)c1OC1CCCC1. The van der Waals surface area contributed by atoms with Crippen LogP contribution in [0.5, 0.6) is 11.5 Å². The lowest BCUT2D eigenvalue weighted by atomic mass is 10.1. The second kappa shape index (κ2) is 7.11. The summed E-state index contributed by atoms with van der Waals surface area (Å²) < 4.78 is 16.0. The summed E-state index contributed by atoms with van der Waals surface area (Å²) in [6.07, 6.45) is 4.19. The molecular formula is C16H20O5. The van der Waals surface area contributed by atoms with Gasteiger partial charge in [-0.05, 0) is 44.7 Å². The molecule has 0 amide bonds. The van der Waals surface area contributed by atoms with E-state index in [1.807, 2.05) is 0 Å². The number of esters is 1. The molecule has 1 saturated carbocycles. The zero-order chi connectivity index (χ0) is 15.2. The van der Waals surface area contributed by atoms with Gasteiger partial charge >= 0.3 is 5.97 Å². The van der Waals surface area contributed by atoms with Crippen molar-refractivity contribution < 1.29 is 23.8 Å². The summed E-state index contributed by atoms with van der Waals surface area (Å²) in [6.45, 7) is 1.82. The molecule has 1 aliphatic rings. The van der Waals surface area contributed by atoms with E-state index < -0.39 is 11.8 Å². The molecule has 0 atom stereocenters. The fourth-order valence-corrected chi connectivity index (χ4v) is 2.46.